The first-order valence-corrected chi connectivity index (χ1v) is 9.88. The number of nitrogens with zero attached hydrogens (tertiary/aromatic N) is 1. The van der Waals surface area contributed by atoms with Crippen LogP contribution in [0.3, 0.4) is 0 Å². The molecule has 3 aromatic carbocycles. The molecule has 0 aliphatic carbocycles. The maximum atomic E-state index is 13.1. The van der Waals surface area contributed by atoms with Crippen molar-refractivity contribution < 1.29 is 24.6 Å². The number of anilines is 1. The van der Waals surface area contributed by atoms with Crippen LogP contribution >= 0.6 is 0 Å². The quantitative estimate of drug-likeness (QED) is 0.612. The molecule has 1 aliphatic heterocycles. The molecule has 6 heteroatoms. The number of ketones is 1. The van der Waals surface area contributed by atoms with E-state index in [1.54, 1.807) is 42.5 Å². The third-order valence-electron chi connectivity index (χ3n) is 5.17. The third kappa shape index (κ3) is 3.94. The van der Waals surface area contributed by atoms with E-state index in [0.717, 1.165) is 5.56 Å². The van der Waals surface area contributed by atoms with Crippen molar-refractivity contribution in [1.82, 2.24) is 0 Å². The second kappa shape index (κ2) is 8.73. The van der Waals surface area contributed by atoms with E-state index in [1.165, 1.54) is 29.2 Å². The zero-order chi connectivity index (χ0) is 22.7. The highest BCUT2D eigenvalue weighted by molar-refractivity contribution is 6.19. The Morgan fingerprint density at radius 3 is 2.22 bits per heavy atom. The number of rotatable bonds is 6. The standard InChI is InChI=1S/C26H19NO5/c28-21(15-14-17-8-3-1-4-9-17)22-23(18-10-5-2-6-11-18)27(25(30)24(22)29)20-13-7-12-19(16-20)26(31)32/h1-16,23,29H,(H,31,32)/p-1/b15-14+/t23-/m1/s1. The summed E-state index contributed by atoms with van der Waals surface area (Å²) in [6.45, 7) is 0. The predicted octanol–water partition coefficient (Wildman–Crippen LogP) is 3.37. The van der Waals surface area contributed by atoms with Crippen LogP contribution < -0.4 is 10.0 Å². The van der Waals surface area contributed by atoms with Crippen LogP contribution in [0, 0.1) is 0 Å². The van der Waals surface area contributed by atoms with E-state index in [1.807, 2.05) is 30.3 Å². The molecule has 3 aromatic rings. The molecule has 0 saturated heterocycles. The molecule has 1 N–H and O–H groups in total. The normalized spacial score (nSPS) is 16.1. The predicted molar refractivity (Wildman–Crippen MR) is 118 cm³/mol. The highest BCUT2D eigenvalue weighted by atomic mass is 16.4. The van der Waals surface area contributed by atoms with Gasteiger partial charge in [-0.1, -0.05) is 72.8 Å². The van der Waals surface area contributed by atoms with E-state index >= 15 is 0 Å². The van der Waals surface area contributed by atoms with Crippen LogP contribution in [-0.4, -0.2) is 22.8 Å². The Hall–Kier alpha value is -4.45. The zero-order valence-electron chi connectivity index (χ0n) is 16.8. The summed E-state index contributed by atoms with van der Waals surface area (Å²) >= 11 is 0. The number of aromatic carboxylic acids is 1. The van der Waals surface area contributed by atoms with Gasteiger partial charge in [-0.05, 0) is 41.2 Å². The van der Waals surface area contributed by atoms with Crippen LogP contribution in [0.25, 0.3) is 6.08 Å². The average molecular weight is 424 g/mol. The summed E-state index contributed by atoms with van der Waals surface area (Å²) in [6.07, 6.45) is 2.87. The van der Waals surface area contributed by atoms with Gasteiger partial charge in [-0.3, -0.25) is 14.5 Å². The molecule has 0 aromatic heterocycles. The first-order valence-electron chi connectivity index (χ1n) is 9.88. The number of allylic oxidation sites excluding steroid dienone is 1. The van der Waals surface area contributed by atoms with E-state index in [0.29, 0.717) is 5.56 Å². The minimum absolute atomic E-state index is 0.0293. The van der Waals surface area contributed by atoms with Crippen molar-refractivity contribution >= 4 is 29.4 Å². The Balaban J connectivity index is 1.79. The van der Waals surface area contributed by atoms with Gasteiger partial charge >= 0.3 is 5.97 Å². The summed E-state index contributed by atoms with van der Waals surface area (Å²) in [5.41, 5.74) is 1.38. The van der Waals surface area contributed by atoms with Crippen molar-refractivity contribution in [2.24, 2.45) is 0 Å². The van der Waals surface area contributed by atoms with E-state index in [2.05, 4.69) is 0 Å². The van der Waals surface area contributed by atoms with E-state index in [4.69, 9.17) is 0 Å². The second-order valence-electron chi connectivity index (χ2n) is 7.19. The maximum absolute atomic E-state index is 13.1. The molecule has 1 atom stereocenters. The Morgan fingerprint density at radius 2 is 1.56 bits per heavy atom. The second-order valence-corrected chi connectivity index (χ2v) is 7.19. The number of hydrogen-bond donors (Lipinski definition) is 1. The summed E-state index contributed by atoms with van der Waals surface area (Å²) < 4.78 is 0. The fourth-order valence-electron chi connectivity index (χ4n) is 3.67. The highest BCUT2D eigenvalue weighted by Gasteiger charge is 2.39. The molecule has 0 fully saturated rings. The molecule has 0 bridgehead atoms. The lowest BCUT2D eigenvalue weighted by molar-refractivity contribution is -0.298. The SMILES string of the molecule is O=C(/C=C/c1ccccc1)C1=C([O-])C(=O)N(c2cccc(C(=O)O)c2)[C@@H]1c1ccccc1. The van der Waals surface area contributed by atoms with Gasteiger partial charge in [0, 0.05) is 11.3 Å². The molecular weight excluding hydrogens is 406 g/mol. The van der Waals surface area contributed by atoms with Crippen LogP contribution in [0.4, 0.5) is 5.69 Å². The molecule has 32 heavy (non-hydrogen) atoms. The summed E-state index contributed by atoms with van der Waals surface area (Å²) in [5.74, 6) is -3.51. The summed E-state index contributed by atoms with van der Waals surface area (Å²) in [4.78, 5) is 38.7. The smallest absolute Gasteiger partial charge is 0.335 e. The first-order chi connectivity index (χ1) is 15.5. The topological polar surface area (TPSA) is 97.7 Å². The van der Waals surface area contributed by atoms with Gasteiger partial charge in [0.25, 0.3) is 0 Å². The molecule has 1 heterocycles. The number of carboxylic acids is 1. The summed E-state index contributed by atoms with van der Waals surface area (Å²) in [6, 6.07) is 22.6. The van der Waals surface area contributed by atoms with Crippen molar-refractivity contribution in [3.63, 3.8) is 0 Å². The van der Waals surface area contributed by atoms with Crippen molar-refractivity contribution in [3.05, 3.63) is 119 Å². The molecule has 0 unspecified atom stereocenters. The Kier molecular flexibility index (Phi) is 5.68. The fraction of sp³-hybridized carbons (Fsp3) is 0.0385. The highest BCUT2D eigenvalue weighted by Crippen LogP contribution is 2.40. The van der Waals surface area contributed by atoms with E-state index < -0.39 is 29.5 Å². The van der Waals surface area contributed by atoms with Crippen LogP contribution in [0.2, 0.25) is 0 Å². The van der Waals surface area contributed by atoms with Gasteiger partial charge < -0.3 is 10.2 Å². The summed E-state index contributed by atoms with van der Waals surface area (Å²) in [7, 11) is 0. The van der Waals surface area contributed by atoms with Gasteiger partial charge in [0.1, 0.15) is 0 Å². The van der Waals surface area contributed by atoms with Gasteiger partial charge in [-0.25, -0.2) is 4.79 Å². The third-order valence-corrected chi connectivity index (χ3v) is 5.17. The van der Waals surface area contributed by atoms with Crippen LogP contribution in [-0.2, 0) is 9.59 Å². The van der Waals surface area contributed by atoms with Crippen LogP contribution in [0.5, 0.6) is 0 Å². The number of hydrogen-bond acceptors (Lipinski definition) is 4. The van der Waals surface area contributed by atoms with Crippen molar-refractivity contribution in [2.75, 3.05) is 4.90 Å². The molecule has 158 valence electrons. The molecular formula is C26H18NO5-. The van der Waals surface area contributed by atoms with Gasteiger partial charge in [0.15, 0.2) is 5.78 Å². The lowest BCUT2D eigenvalue weighted by Crippen LogP contribution is -2.32. The number of carbonyl (C=O) groups excluding carboxylic acids is 2. The van der Waals surface area contributed by atoms with Crippen LogP contribution in [0.15, 0.2) is 102 Å². The zero-order valence-corrected chi connectivity index (χ0v) is 16.8. The molecule has 0 spiro atoms. The van der Waals surface area contributed by atoms with Crippen molar-refractivity contribution in [1.29, 1.82) is 0 Å². The molecule has 0 saturated carbocycles. The van der Waals surface area contributed by atoms with E-state index in [9.17, 15) is 24.6 Å². The first kappa shape index (κ1) is 20.8. The number of carboxylic acid groups (broad SMARTS) is 1. The van der Waals surface area contributed by atoms with Gasteiger partial charge in [0.05, 0.1) is 11.6 Å². The largest absolute Gasteiger partial charge is 0.868 e. The molecule has 6 nitrogen and oxygen atoms in total. The minimum atomic E-state index is -1.16. The Bertz CT molecular complexity index is 1250. The minimum Gasteiger partial charge on any atom is -0.868 e. The monoisotopic (exact) mass is 424 g/mol. The average Bonchev–Trinajstić information content (AvgIpc) is 3.09. The Morgan fingerprint density at radius 1 is 0.906 bits per heavy atom. The number of carbonyl (C=O) groups is 3. The summed E-state index contributed by atoms with van der Waals surface area (Å²) in [5, 5.41) is 22.3. The van der Waals surface area contributed by atoms with Gasteiger partial charge in [-0.2, -0.15) is 0 Å². The molecule has 0 radical (unpaired) electrons. The lowest BCUT2D eigenvalue weighted by Gasteiger charge is -2.27. The Labute approximate surface area is 184 Å². The molecule has 1 amide bonds. The molecule has 4 rings (SSSR count). The van der Waals surface area contributed by atoms with Crippen molar-refractivity contribution in [2.45, 2.75) is 6.04 Å². The van der Waals surface area contributed by atoms with E-state index in [-0.39, 0.29) is 16.8 Å². The van der Waals surface area contributed by atoms with Crippen molar-refractivity contribution in [3.8, 4) is 0 Å². The van der Waals surface area contributed by atoms with Gasteiger partial charge in [0.2, 0.25) is 5.91 Å². The van der Waals surface area contributed by atoms with Crippen LogP contribution in [0.1, 0.15) is 27.5 Å². The molecule has 1 aliphatic rings. The number of amides is 1. The maximum Gasteiger partial charge on any atom is 0.335 e. The number of benzene rings is 3. The lowest BCUT2D eigenvalue weighted by atomic mass is 9.95. The van der Waals surface area contributed by atoms with Gasteiger partial charge in [-0.15, -0.1) is 0 Å². The fourth-order valence-corrected chi connectivity index (χ4v) is 3.67.